The highest BCUT2D eigenvalue weighted by Gasteiger charge is 2.11. The quantitative estimate of drug-likeness (QED) is 0.488. The van der Waals surface area contributed by atoms with Gasteiger partial charge in [-0.1, -0.05) is 0 Å². The zero-order valence-corrected chi connectivity index (χ0v) is 15.9. The van der Waals surface area contributed by atoms with Crippen LogP contribution in [0.3, 0.4) is 0 Å². The van der Waals surface area contributed by atoms with E-state index in [0.29, 0.717) is 0 Å². The van der Waals surface area contributed by atoms with Crippen LogP contribution in [0.25, 0.3) is 22.5 Å². The Morgan fingerprint density at radius 2 is 2.10 bits per heavy atom. The molecule has 0 fully saturated rings. The largest absolute Gasteiger partial charge is 0.360 e. The Hall–Kier alpha value is -4.26. The Labute approximate surface area is 166 Å². The fourth-order valence-electron chi connectivity index (χ4n) is 2.92. The minimum absolute atomic E-state index is 0.238. The number of nitrogens with zero attached hydrogens (tertiary/aromatic N) is 8. The molecule has 4 rings (SSSR count). The number of tetrazole rings is 1. The fourth-order valence-corrected chi connectivity index (χ4v) is 2.92. The van der Waals surface area contributed by atoms with Crippen LogP contribution in [0.15, 0.2) is 48.9 Å². The third kappa shape index (κ3) is 3.61. The van der Waals surface area contributed by atoms with E-state index in [9.17, 15) is 5.26 Å². The first-order valence-electron chi connectivity index (χ1n) is 8.99. The van der Waals surface area contributed by atoms with Gasteiger partial charge in [-0.2, -0.15) is 20.7 Å². The highest BCUT2D eigenvalue weighted by atomic mass is 15.5. The Kier molecular flexibility index (Phi) is 4.86. The molecule has 3 aromatic heterocycles. The number of nitriles is 1. The maximum Gasteiger partial charge on any atom is 0.216 e. The van der Waals surface area contributed by atoms with Gasteiger partial charge in [0.15, 0.2) is 0 Å². The van der Waals surface area contributed by atoms with Crippen LogP contribution in [0.5, 0.6) is 0 Å². The van der Waals surface area contributed by atoms with E-state index in [4.69, 9.17) is 0 Å². The van der Waals surface area contributed by atoms with Crippen molar-refractivity contribution in [3.05, 3.63) is 60.4 Å². The van der Waals surface area contributed by atoms with Crippen LogP contribution in [0.1, 0.15) is 18.4 Å². The van der Waals surface area contributed by atoms with Crippen molar-refractivity contribution in [2.45, 2.75) is 20.4 Å². The number of anilines is 1. The summed E-state index contributed by atoms with van der Waals surface area (Å²) in [5.74, 6) is 0.238. The molecule has 0 saturated carbocycles. The molecule has 144 valence electrons. The summed E-state index contributed by atoms with van der Waals surface area (Å²) in [7, 11) is 0. The number of rotatable bonds is 6. The van der Waals surface area contributed by atoms with E-state index in [1.807, 2.05) is 65.1 Å². The molecule has 0 amide bonds. The van der Waals surface area contributed by atoms with Gasteiger partial charge >= 0.3 is 0 Å². The summed E-state index contributed by atoms with van der Waals surface area (Å²) in [4.78, 5) is 0. The Bertz CT molecular complexity index is 1170. The number of H-pyrrole nitrogens is 1. The van der Waals surface area contributed by atoms with E-state index in [2.05, 4.69) is 43.1 Å². The average molecular weight is 386 g/mol. The topological polar surface area (TPSA) is 126 Å². The highest BCUT2D eigenvalue weighted by Crippen LogP contribution is 2.22. The zero-order valence-electron chi connectivity index (χ0n) is 15.9. The first kappa shape index (κ1) is 18.1. The van der Waals surface area contributed by atoms with Gasteiger partial charge in [-0.25, -0.2) is 4.68 Å². The molecule has 0 aliphatic rings. The van der Waals surface area contributed by atoms with E-state index in [0.717, 1.165) is 34.9 Å². The number of benzene rings is 1. The smallest absolute Gasteiger partial charge is 0.216 e. The van der Waals surface area contributed by atoms with Crippen LogP contribution in [-0.4, -0.2) is 40.2 Å². The lowest BCUT2D eigenvalue weighted by atomic mass is 10.2. The predicted octanol–water partition coefficient (Wildman–Crippen LogP) is 2.55. The van der Waals surface area contributed by atoms with Gasteiger partial charge in [0.2, 0.25) is 5.82 Å². The third-order valence-corrected chi connectivity index (χ3v) is 4.49. The Balaban J connectivity index is 1.51. The standard InChI is InChI=1S/C19H18N10/c1-3-28-13(2)17(12-22-28)18-8-9-29(25-18)16-6-4-15(5-7-16)21-11-14(10-20)19-23-26-27-24-19/h4-9,11-12,21H,3H2,1-2H3,(H,23,24,26,27). The van der Waals surface area contributed by atoms with Crippen LogP contribution in [0, 0.1) is 18.3 Å². The Morgan fingerprint density at radius 1 is 1.28 bits per heavy atom. The number of hydrogen-bond donors (Lipinski definition) is 2. The highest BCUT2D eigenvalue weighted by molar-refractivity contribution is 5.74. The van der Waals surface area contributed by atoms with Crippen LogP contribution in [0.2, 0.25) is 0 Å². The van der Waals surface area contributed by atoms with Crippen molar-refractivity contribution >= 4 is 11.3 Å². The van der Waals surface area contributed by atoms with Crippen LogP contribution in [0.4, 0.5) is 5.69 Å². The van der Waals surface area contributed by atoms with Crippen molar-refractivity contribution in [3.63, 3.8) is 0 Å². The minimum atomic E-state index is 0.238. The molecule has 10 heteroatoms. The number of nitrogens with one attached hydrogen (secondary N) is 2. The molecule has 1 aromatic carbocycles. The molecule has 4 aromatic rings. The first-order valence-corrected chi connectivity index (χ1v) is 8.99. The molecule has 29 heavy (non-hydrogen) atoms. The van der Waals surface area contributed by atoms with Gasteiger partial charge in [0.1, 0.15) is 11.6 Å². The summed E-state index contributed by atoms with van der Waals surface area (Å²) >= 11 is 0. The molecule has 2 N–H and O–H groups in total. The monoisotopic (exact) mass is 386 g/mol. The van der Waals surface area contributed by atoms with E-state index in [1.165, 1.54) is 0 Å². The minimum Gasteiger partial charge on any atom is -0.360 e. The lowest BCUT2D eigenvalue weighted by molar-refractivity contribution is 0.640. The van der Waals surface area contributed by atoms with Crippen LogP contribution >= 0.6 is 0 Å². The van der Waals surface area contributed by atoms with Crippen molar-refractivity contribution in [1.82, 2.24) is 40.2 Å². The van der Waals surface area contributed by atoms with Gasteiger partial charge in [0.25, 0.3) is 0 Å². The fraction of sp³-hybridized carbons (Fsp3) is 0.158. The maximum absolute atomic E-state index is 9.20. The molecule has 0 radical (unpaired) electrons. The van der Waals surface area contributed by atoms with Crippen molar-refractivity contribution < 1.29 is 0 Å². The second-order valence-corrected chi connectivity index (χ2v) is 6.20. The van der Waals surface area contributed by atoms with Crippen LogP contribution in [-0.2, 0) is 6.54 Å². The van der Waals surface area contributed by atoms with Gasteiger partial charge in [0, 0.05) is 35.9 Å². The van der Waals surface area contributed by atoms with Crippen molar-refractivity contribution in [2.24, 2.45) is 0 Å². The molecule has 10 nitrogen and oxygen atoms in total. The molecule has 3 heterocycles. The van der Waals surface area contributed by atoms with Gasteiger partial charge < -0.3 is 5.32 Å². The summed E-state index contributed by atoms with van der Waals surface area (Å²) in [5.41, 5.74) is 5.02. The normalized spacial score (nSPS) is 11.4. The zero-order chi connectivity index (χ0) is 20.2. The average Bonchev–Trinajstić information content (AvgIpc) is 3.50. The summed E-state index contributed by atoms with van der Waals surface area (Å²) in [5, 5.41) is 34.7. The second-order valence-electron chi connectivity index (χ2n) is 6.20. The number of hydrogen-bond acceptors (Lipinski definition) is 7. The van der Waals surface area contributed by atoms with E-state index >= 15 is 0 Å². The van der Waals surface area contributed by atoms with E-state index < -0.39 is 0 Å². The molecule has 0 spiro atoms. The summed E-state index contributed by atoms with van der Waals surface area (Å²) in [6.07, 6.45) is 5.31. The van der Waals surface area contributed by atoms with Crippen molar-refractivity contribution in [2.75, 3.05) is 5.32 Å². The summed E-state index contributed by atoms with van der Waals surface area (Å²) in [6, 6.07) is 11.7. The number of aromatic nitrogens is 8. The molecule has 0 unspecified atom stereocenters. The lowest BCUT2D eigenvalue weighted by Gasteiger charge is -2.05. The third-order valence-electron chi connectivity index (χ3n) is 4.49. The molecule has 0 aliphatic carbocycles. The maximum atomic E-state index is 9.20. The van der Waals surface area contributed by atoms with Gasteiger partial charge in [-0.3, -0.25) is 4.68 Å². The second kappa shape index (κ2) is 7.77. The van der Waals surface area contributed by atoms with Crippen LogP contribution < -0.4 is 5.32 Å². The summed E-state index contributed by atoms with van der Waals surface area (Å²) in [6.45, 7) is 4.94. The predicted molar refractivity (Wildman–Crippen MR) is 107 cm³/mol. The molecule has 0 atom stereocenters. The van der Waals surface area contributed by atoms with E-state index in [1.54, 1.807) is 6.20 Å². The van der Waals surface area contributed by atoms with Gasteiger partial charge in [-0.05, 0) is 49.4 Å². The number of aromatic amines is 1. The lowest BCUT2D eigenvalue weighted by Crippen LogP contribution is -1.99. The number of aryl methyl sites for hydroxylation is 1. The molecular formula is C19H18N10. The first-order chi connectivity index (χ1) is 14.2. The van der Waals surface area contributed by atoms with Gasteiger partial charge in [-0.15, -0.1) is 10.2 Å². The van der Waals surface area contributed by atoms with Crippen molar-refractivity contribution in [1.29, 1.82) is 5.26 Å². The SMILES string of the molecule is CCn1ncc(-c2ccn(-c3ccc(NC=C(C#N)c4nn[nH]n4)cc3)n2)c1C. The number of allylic oxidation sites excluding steroid dienone is 1. The van der Waals surface area contributed by atoms with E-state index in [-0.39, 0.29) is 11.4 Å². The molecule has 0 bridgehead atoms. The van der Waals surface area contributed by atoms with Crippen molar-refractivity contribution in [3.8, 4) is 23.0 Å². The molecule has 0 aliphatic heterocycles. The molecule has 0 saturated heterocycles. The summed E-state index contributed by atoms with van der Waals surface area (Å²) < 4.78 is 3.77. The molecular weight excluding hydrogens is 368 g/mol. The van der Waals surface area contributed by atoms with Gasteiger partial charge in [0.05, 0.1) is 17.6 Å². The Morgan fingerprint density at radius 3 is 2.76 bits per heavy atom.